The summed E-state index contributed by atoms with van der Waals surface area (Å²) in [6.07, 6.45) is 0. The van der Waals surface area contributed by atoms with E-state index in [0.29, 0.717) is 5.96 Å². The zero-order chi connectivity index (χ0) is 13.0. The number of guanidine groups is 1. The van der Waals surface area contributed by atoms with Crippen LogP contribution in [0.5, 0.6) is 0 Å². The van der Waals surface area contributed by atoms with E-state index in [1.165, 1.54) is 3.57 Å². The summed E-state index contributed by atoms with van der Waals surface area (Å²) >= 11 is 2.26. The van der Waals surface area contributed by atoms with E-state index in [4.69, 9.17) is 5.73 Å². The van der Waals surface area contributed by atoms with Crippen molar-refractivity contribution in [2.24, 2.45) is 10.7 Å². The highest BCUT2D eigenvalue weighted by Gasteiger charge is 1.98. The lowest BCUT2D eigenvalue weighted by Gasteiger charge is -2.06. The molecule has 0 radical (unpaired) electrons. The molecule has 0 aliphatic rings. The van der Waals surface area contributed by atoms with Crippen LogP contribution in [0, 0.1) is 10.5 Å². The molecular formula is C14H14IN3. The zero-order valence-electron chi connectivity index (χ0n) is 10.0. The maximum Gasteiger partial charge on any atom is 0.198 e. The molecule has 0 bridgehead atoms. The molecule has 0 aliphatic heterocycles. The second-order valence-corrected chi connectivity index (χ2v) is 5.16. The fourth-order valence-corrected chi connectivity index (χ4v) is 1.89. The van der Waals surface area contributed by atoms with Crippen LogP contribution >= 0.6 is 22.6 Å². The molecule has 18 heavy (non-hydrogen) atoms. The predicted molar refractivity (Wildman–Crippen MR) is 85.2 cm³/mol. The molecule has 0 atom stereocenters. The van der Waals surface area contributed by atoms with Gasteiger partial charge in [-0.1, -0.05) is 18.2 Å². The number of nitrogens with zero attached hydrogens (tertiary/aromatic N) is 1. The van der Waals surface area contributed by atoms with Gasteiger partial charge in [-0.05, 0) is 65.4 Å². The van der Waals surface area contributed by atoms with Crippen molar-refractivity contribution in [1.82, 2.24) is 0 Å². The van der Waals surface area contributed by atoms with Crippen LogP contribution in [-0.4, -0.2) is 5.96 Å². The van der Waals surface area contributed by atoms with Crippen LogP contribution in [-0.2, 0) is 0 Å². The van der Waals surface area contributed by atoms with Crippen molar-refractivity contribution in [3.63, 3.8) is 0 Å². The third-order valence-electron chi connectivity index (χ3n) is 2.47. The number of aliphatic imine (C=N–C) groups is 1. The topological polar surface area (TPSA) is 50.4 Å². The summed E-state index contributed by atoms with van der Waals surface area (Å²) in [7, 11) is 0. The van der Waals surface area contributed by atoms with E-state index in [-0.39, 0.29) is 0 Å². The number of aryl methyl sites for hydroxylation is 1. The Morgan fingerprint density at radius 2 is 1.78 bits per heavy atom. The molecule has 0 saturated heterocycles. The molecule has 2 aromatic rings. The Hall–Kier alpha value is -1.56. The van der Waals surface area contributed by atoms with E-state index >= 15 is 0 Å². The lowest BCUT2D eigenvalue weighted by atomic mass is 10.2. The molecule has 92 valence electrons. The van der Waals surface area contributed by atoms with Crippen molar-refractivity contribution >= 4 is 39.9 Å². The van der Waals surface area contributed by atoms with Crippen LogP contribution in [0.3, 0.4) is 0 Å². The summed E-state index contributed by atoms with van der Waals surface area (Å²) in [5.74, 6) is 0.394. The smallest absolute Gasteiger partial charge is 0.198 e. The predicted octanol–water partition coefficient (Wildman–Crippen LogP) is 3.66. The van der Waals surface area contributed by atoms with Gasteiger partial charge in [0, 0.05) is 9.26 Å². The Bertz CT molecular complexity index is 562. The SMILES string of the molecule is Cc1ccccc1N=C(N)Nc1ccc(I)cc1. The molecule has 0 aromatic heterocycles. The zero-order valence-corrected chi connectivity index (χ0v) is 12.2. The lowest BCUT2D eigenvalue weighted by molar-refractivity contribution is 1.37. The van der Waals surface area contributed by atoms with Gasteiger partial charge in [-0.3, -0.25) is 0 Å². The van der Waals surface area contributed by atoms with Crippen LogP contribution in [0.2, 0.25) is 0 Å². The van der Waals surface area contributed by atoms with Gasteiger partial charge in [0.15, 0.2) is 5.96 Å². The number of rotatable bonds is 2. The van der Waals surface area contributed by atoms with Crippen molar-refractivity contribution in [1.29, 1.82) is 0 Å². The molecule has 0 aliphatic carbocycles. The number of anilines is 1. The first-order valence-corrected chi connectivity index (χ1v) is 6.65. The van der Waals surface area contributed by atoms with Crippen molar-refractivity contribution in [3.05, 3.63) is 57.7 Å². The van der Waals surface area contributed by atoms with Crippen molar-refractivity contribution in [2.45, 2.75) is 6.92 Å². The number of nitrogens with two attached hydrogens (primary N) is 1. The number of para-hydroxylation sites is 1. The first kappa shape index (κ1) is 12.9. The fourth-order valence-electron chi connectivity index (χ4n) is 1.53. The Balaban J connectivity index is 2.15. The average Bonchev–Trinajstić information content (AvgIpc) is 2.35. The van der Waals surface area contributed by atoms with E-state index in [2.05, 4.69) is 32.9 Å². The Morgan fingerprint density at radius 1 is 1.11 bits per heavy atom. The van der Waals surface area contributed by atoms with E-state index in [9.17, 15) is 0 Å². The molecule has 0 saturated carbocycles. The second-order valence-electron chi connectivity index (χ2n) is 3.92. The molecule has 4 heteroatoms. The summed E-state index contributed by atoms with van der Waals surface area (Å²) in [5, 5.41) is 3.07. The second kappa shape index (κ2) is 5.86. The summed E-state index contributed by atoms with van der Waals surface area (Å²) in [5.41, 5.74) is 8.80. The fraction of sp³-hybridized carbons (Fsp3) is 0.0714. The van der Waals surface area contributed by atoms with Crippen molar-refractivity contribution < 1.29 is 0 Å². The number of hydrogen-bond acceptors (Lipinski definition) is 1. The normalized spacial score (nSPS) is 11.3. The van der Waals surface area contributed by atoms with E-state index in [0.717, 1.165) is 16.9 Å². The largest absolute Gasteiger partial charge is 0.369 e. The summed E-state index contributed by atoms with van der Waals surface area (Å²) in [6.45, 7) is 2.01. The van der Waals surface area contributed by atoms with E-state index in [1.54, 1.807) is 0 Å². The van der Waals surface area contributed by atoms with Crippen LogP contribution < -0.4 is 11.1 Å². The Kier molecular flexibility index (Phi) is 4.19. The van der Waals surface area contributed by atoms with Gasteiger partial charge in [0.05, 0.1) is 5.69 Å². The molecule has 3 N–H and O–H groups in total. The number of hydrogen-bond donors (Lipinski definition) is 2. The van der Waals surface area contributed by atoms with Crippen LogP contribution in [0.1, 0.15) is 5.56 Å². The van der Waals surface area contributed by atoms with Gasteiger partial charge in [-0.25, -0.2) is 4.99 Å². The van der Waals surface area contributed by atoms with Gasteiger partial charge in [-0.2, -0.15) is 0 Å². The van der Waals surface area contributed by atoms with E-state index in [1.807, 2.05) is 55.5 Å². The summed E-state index contributed by atoms with van der Waals surface area (Å²) < 4.78 is 1.19. The van der Waals surface area contributed by atoms with Gasteiger partial charge >= 0.3 is 0 Å². The van der Waals surface area contributed by atoms with Crippen molar-refractivity contribution in [3.8, 4) is 0 Å². The number of nitrogens with one attached hydrogen (secondary N) is 1. The molecule has 0 amide bonds. The minimum Gasteiger partial charge on any atom is -0.369 e. The average molecular weight is 351 g/mol. The Morgan fingerprint density at radius 3 is 2.44 bits per heavy atom. The number of halogens is 1. The third-order valence-corrected chi connectivity index (χ3v) is 3.19. The summed E-state index contributed by atoms with van der Waals surface area (Å²) in [4.78, 5) is 4.36. The molecular weight excluding hydrogens is 337 g/mol. The molecule has 0 heterocycles. The third kappa shape index (κ3) is 3.46. The lowest BCUT2D eigenvalue weighted by Crippen LogP contribution is -2.21. The highest BCUT2D eigenvalue weighted by molar-refractivity contribution is 14.1. The van der Waals surface area contributed by atoms with Gasteiger partial charge in [0.1, 0.15) is 0 Å². The highest BCUT2D eigenvalue weighted by atomic mass is 127. The summed E-state index contributed by atoms with van der Waals surface area (Å²) in [6, 6.07) is 15.9. The molecule has 0 spiro atoms. The first-order chi connectivity index (χ1) is 8.65. The monoisotopic (exact) mass is 351 g/mol. The molecule has 0 fully saturated rings. The Labute approximate surface area is 120 Å². The van der Waals surface area contributed by atoms with Gasteiger partial charge in [0.25, 0.3) is 0 Å². The van der Waals surface area contributed by atoms with Crippen molar-refractivity contribution in [2.75, 3.05) is 5.32 Å². The minimum absolute atomic E-state index is 0.394. The molecule has 2 rings (SSSR count). The minimum atomic E-state index is 0.394. The van der Waals surface area contributed by atoms with Gasteiger partial charge in [0.2, 0.25) is 0 Å². The highest BCUT2D eigenvalue weighted by Crippen LogP contribution is 2.17. The van der Waals surface area contributed by atoms with Crippen LogP contribution in [0.25, 0.3) is 0 Å². The number of benzene rings is 2. The molecule has 3 nitrogen and oxygen atoms in total. The van der Waals surface area contributed by atoms with Crippen LogP contribution in [0.4, 0.5) is 11.4 Å². The standard InChI is InChI=1S/C14H14IN3/c1-10-4-2-3-5-13(10)18-14(16)17-12-8-6-11(15)7-9-12/h2-9H,1H3,(H3,16,17,18). The maximum absolute atomic E-state index is 5.88. The van der Waals surface area contributed by atoms with Gasteiger partial charge in [-0.15, -0.1) is 0 Å². The van der Waals surface area contributed by atoms with E-state index < -0.39 is 0 Å². The quantitative estimate of drug-likeness (QED) is 0.493. The molecule has 2 aromatic carbocycles. The van der Waals surface area contributed by atoms with Gasteiger partial charge < -0.3 is 11.1 Å². The maximum atomic E-state index is 5.88. The molecule has 0 unspecified atom stereocenters. The van der Waals surface area contributed by atoms with Crippen LogP contribution in [0.15, 0.2) is 53.5 Å². The first-order valence-electron chi connectivity index (χ1n) is 5.57.